The van der Waals surface area contributed by atoms with E-state index in [0.717, 1.165) is 16.9 Å². The van der Waals surface area contributed by atoms with Gasteiger partial charge in [-0.25, -0.2) is 0 Å². The molecule has 0 aliphatic carbocycles. The van der Waals surface area contributed by atoms with Crippen molar-refractivity contribution < 1.29 is 4.79 Å². The first-order valence-electron chi connectivity index (χ1n) is 9.31. The van der Waals surface area contributed by atoms with E-state index < -0.39 is 5.91 Å². The molecule has 144 valence electrons. The molecule has 3 aromatic rings. The lowest BCUT2D eigenvalue weighted by Crippen LogP contribution is -2.12. The van der Waals surface area contributed by atoms with Crippen LogP contribution in [0.5, 0.6) is 0 Å². The predicted octanol–water partition coefficient (Wildman–Crippen LogP) is 4.10. The number of benzene rings is 3. The first-order chi connectivity index (χ1) is 13.4. The van der Waals surface area contributed by atoms with Gasteiger partial charge in [-0.1, -0.05) is 36.4 Å². The smallest absolute Gasteiger partial charge is 0.248 e. The summed E-state index contributed by atoms with van der Waals surface area (Å²) in [7, 11) is 8.15. The molecular formula is C24H27N3O. The Bertz CT molecular complexity index is 876. The zero-order valence-electron chi connectivity index (χ0n) is 16.9. The summed E-state index contributed by atoms with van der Waals surface area (Å²) in [5, 5.41) is 0. The number of hydrogen-bond donors (Lipinski definition) is 1. The molecule has 2 N–H and O–H groups in total. The van der Waals surface area contributed by atoms with Crippen LogP contribution in [0.3, 0.4) is 0 Å². The Morgan fingerprint density at radius 3 is 1.25 bits per heavy atom. The average molecular weight is 374 g/mol. The Kier molecular flexibility index (Phi) is 5.69. The lowest BCUT2D eigenvalue weighted by Gasteiger charge is -2.22. The quantitative estimate of drug-likeness (QED) is 0.662. The van der Waals surface area contributed by atoms with Crippen molar-refractivity contribution in [2.45, 2.75) is 5.92 Å². The first kappa shape index (κ1) is 19.5. The average Bonchev–Trinajstić information content (AvgIpc) is 2.69. The van der Waals surface area contributed by atoms with E-state index in [1.165, 1.54) is 11.1 Å². The van der Waals surface area contributed by atoms with E-state index in [0.29, 0.717) is 5.56 Å². The molecule has 3 aromatic carbocycles. The molecule has 0 saturated heterocycles. The van der Waals surface area contributed by atoms with Crippen molar-refractivity contribution in [2.75, 3.05) is 38.0 Å². The van der Waals surface area contributed by atoms with Gasteiger partial charge in [0.2, 0.25) is 5.91 Å². The minimum absolute atomic E-state index is 0.0781. The van der Waals surface area contributed by atoms with Gasteiger partial charge < -0.3 is 15.5 Å². The zero-order valence-corrected chi connectivity index (χ0v) is 16.9. The minimum Gasteiger partial charge on any atom is -0.378 e. The number of nitrogens with zero attached hydrogens (tertiary/aromatic N) is 2. The lowest BCUT2D eigenvalue weighted by molar-refractivity contribution is 0.100. The van der Waals surface area contributed by atoms with E-state index in [2.05, 4.69) is 58.3 Å². The number of carbonyl (C=O) groups is 1. The van der Waals surface area contributed by atoms with Crippen LogP contribution in [0, 0.1) is 0 Å². The number of hydrogen-bond acceptors (Lipinski definition) is 3. The largest absolute Gasteiger partial charge is 0.378 e. The third kappa shape index (κ3) is 4.17. The fraction of sp³-hybridized carbons (Fsp3) is 0.208. The maximum atomic E-state index is 11.4. The van der Waals surface area contributed by atoms with Gasteiger partial charge in [0.05, 0.1) is 0 Å². The van der Waals surface area contributed by atoms with Crippen LogP contribution in [0.15, 0.2) is 72.8 Å². The number of anilines is 2. The van der Waals surface area contributed by atoms with Gasteiger partial charge in [-0.15, -0.1) is 0 Å². The van der Waals surface area contributed by atoms with Gasteiger partial charge >= 0.3 is 0 Å². The predicted molar refractivity (Wildman–Crippen MR) is 117 cm³/mol. The van der Waals surface area contributed by atoms with Crippen LogP contribution in [-0.2, 0) is 0 Å². The fourth-order valence-electron chi connectivity index (χ4n) is 3.35. The Balaban J connectivity index is 2.06. The standard InChI is InChI=1S/C24H27N3O/c1-26(2)21-13-9-18(10-14-21)23(17-5-7-20(8-6-17)24(25)28)19-11-15-22(16-12-19)27(3)4/h5-16,23H,1-4H3,(H2,25,28). The van der Waals surface area contributed by atoms with Crippen LogP contribution in [-0.4, -0.2) is 34.1 Å². The monoisotopic (exact) mass is 373 g/mol. The summed E-state index contributed by atoms with van der Waals surface area (Å²) in [4.78, 5) is 15.6. The number of amides is 1. The second-order valence-corrected chi connectivity index (χ2v) is 7.39. The van der Waals surface area contributed by atoms with Gasteiger partial charge in [0.1, 0.15) is 0 Å². The van der Waals surface area contributed by atoms with E-state index in [9.17, 15) is 4.79 Å². The van der Waals surface area contributed by atoms with E-state index in [-0.39, 0.29) is 5.92 Å². The second-order valence-electron chi connectivity index (χ2n) is 7.39. The number of primary amides is 1. The molecule has 1 amide bonds. The highest BCUT2D eigenvalue weighted by atomic mass is 16.1. The Hall–Kier alpha value is -3.27. The molecule has 4 heteroatoms. The van der Waals surface area contributed by atoms with Crippen molar-refractivity contribution in [3.05, 3.63) is 95.1 Å². The fourth-order valence-corrected chi connectivity index (χ4v) is 3.35. The molecule has 28 heavy (non-hydrogen) atoms. The maximum absolute atomic E-state index is 11.4. The molecule has 0 aromatic heterocycles. The maximum Gasteiger partial charge on any atom is 0.248 e. The molecule has 0 aliphatic heterocycles. The highest BCUT2D eigenvalue weighted by molar-refractivity contribution is 5.92. The highest BCUT2D eigenvalue weighted by Crippen LogP contribution is 2.33. The second kappa shape index (κ2) is 8.17. The third-order valence-electron chi connectivity index (χ3n) is 5.01. The molecule has 0 saturated carbocycles. The molecule has 0 aliphatic rings. The van der Waals surface area contributed by atoms with Gasteiger partial charge in [0.15, 0.2) is 0 Å². The topological polar surface area (TPSA) is 49.6 Å². The van der Waals surface area contributed by atoms with Crippen LogP contribution < -0.4 is 15.5 Å². The molecule has 4 nitrogen and oxygen atoms in total. The van der Waals surface area contributed by atoms with Gasteiger partial charge in [-0.3, -0.25) is 4.79 Å². The van der Waals surface area contributed by atoms with Gasteiger partial charge in [0, 0.05) is 51.0 Å². The summed E-state index contributed by atoms with van der Waals surface area (Å²) in [5.41, 5.74) is 11.8. The van der Waals surface area contributed by atoms with E-state index >= 15 is 0 Å². The molecule has 0 unspecified atom stereocenters. The molecule has 0 bridgehead atoms. The van der Waals surface area contributed by atoms with Crippen LogP contribution >= 0.6 is 0 Å². The summed E-state index contributed by atoms with van der Waals surface area (Å²) in [6.45, 7) is 0. The Morgan fingerprint density at radius 1 is 0.643 bits per heavy atom. The summed E-state index contributed by atoms with van der Waals surface area (Å²) in [6, 6.07) is 24.8. The minimum atomic E-state index is -0.409. The molecule has 3 rings (SSSR count). The van der Waals surface area contributed by atoms with Crippen LogP contribution in [0.25, 0.3) is 0 Å². The van der Waals surface area contributed by atoms with Crippen LogP contribution in [0.2, 0.25) is 0 Å². The van der Waals surface area contributed by atoms with Crippen molar-refractivity contribution in [3.63, 3.8) is 0 Å². The van der Waals surface area contributed by atoms with Crippen molar-refractivity contribution in [1.82, 2.24) is 0 Å². The summed E-state index contributed by atoms with van der Waals surface area (Å²) >= 11 is 0. The van der Waals surface area contributed by atoms with Crippen molar-refractivity contribution >= 4 is 17.3 Å². The highest BCUT2D eigenvalue weighted by Gasteiger charge is 2.17. The normalized spacial score (nSPS) is 10.8. The van der Waals surface area contributed by atoms with Crippen molar-refractivity contribution in [1.29, 1.82) is 0 Å². The van der Waals surface area contributed by atoms with Crippen LogP contribution in [0.4, 0.5) is 11.4 Å². The number of nitrogens with two attached hydrogens (primary N) is 1. The molecule has 0 atom stereocenters. The summed E-state index contributed by atoms with van der Waals surface area (Å²) < 4.78 is 0. The van der Waals surface area contributed by atoms with E-state index in [4.69, 9.17) is 5.73 Å². The van der Waals surface area contributed by atoms with E-state index in [1.54, 1.807) is 12.1 Å². The third-order valence-corrected chi connectivity index (χ3v) is 5.01. The molecule has 0 spiro atoms. The first-order valence-corrected chi connectivity index (χ1v) is 9.31. The lowest BCUT2D eigenvalue weighted by atomic mass is 9.84. The van der Waals surface area contributed by atoms with Gasteiger partial charge in [0.25, 0.3) is 0 Å². The Morgan fingerprint density at radius 2 is 0.964 bits per heavy atom. The number of rotatable bonds is 6. The van der Waals surface area contributed by atoms with Gasteiger partial charge in [-0.2, -0.15) is 0 Å². The SMILES string of the molecule is CN(C)c1ccc(C(c2ccc(C(N)=O)cc2)c2ccc(N(C)C)cc2)cc1. The van der Waals surface area contributed by atoms with E-state index in [1.807, 2.05) is 40.3 Å². The van der Waals surface area contributed by atoms with Crippen molar-refractivity contribution in [3.8, 4) is 0 Å². The van der Waals surface area contributed by atoms with Crippen LogP contribution in [0.1, 0.15) is 33.0 Å². The number of carbonyl (C=O) groups excluding carboxylic acids is 1. The zero-order chi connectivity index (χ0) is 20.3. The molecule has 0 fully saturated rings. The molecule has 0 radical (unpaired) electrons. The summed E-state index contributed by atoms with van der Waals surface area (Å²) in [6.07, 6.45) is 0. The van der Waals surface area contributed by atoms with Gasteiger partial charge in [-0.05, 0) is 53.1 Å². The molecule has 0 heterocycles. The molecular weight excluding hydrogens is 346 g/mol. The summed E-state index contributed by atoms with van der Waals surface area (Å²) in [5.74, 6) is -0.330. The van der Waals surface area contributed by atoms with Crippen molar-refractivity contribution in [2.24, 2.45) is 5.73 Å². The Labute approximate surface area is 167 Å².